The van der Waals surface area contributed by atoms with Crippen LogP contribution in [0.1, 0.15) is 11.1 Å². The summed E-state index contributed by atoms with van der Waals surface area (Å²) in [6.45, 7) is 8.41. The van der Waals surface area contributed by atoms with Crippen LogP contribution in [-0.2, 0) is 9.84 Å². The van der Waals surface area contributed by atoms with E-state index in [-0.39, 0.29) is 33.2 Å². The van der Waals surface area contributed by atoms with E-state index in [4.69, 9.17) is 11.3 Å². The van der Waals surface area contributed by atoms with Crippen molar-refractivity contribution in [2.45, 2.75) is 11.8 Å². The van der Waals surface area contributed by atoms with Gasteiger partial charge in [-0.05, 0) is 36.8 Å². The maximum absolute atomic E-state index is 13.4. The van der Waals surface area contributed by atoms with Crippen LogP contribution in [-0.4, -0.2) is 14.7 Å². The standard InChI is InChI=1S/C16H11FN2O3S/c1-10-14(9-18)15(4-5-16(10)23(3,20)21)22-13-7-11(17)6-12(8-13)19-2/h4-8H,1,3H3. The summed E-state index contributed by atoms with van der Waals surface area (Å²) in [7, 11) is -3.48. The first-order valence-electron chi connectivity index (χ1n) is 6.36. The lowest BCUT2D eigenvalue weighted by Gasteiger charge is -2.12. The molecule has 0 unspecified atom stereocenters. The molecule has 2 aromatic rings. The molecule has 0 aliphatic rings. The predicted molar refractivity (Wildman–Crippen MR) is 81.7 cm³/mol. The quantitative estimate of drug-likeness (QED) is 0.804. The zero-order chi connectivity index (χ0) is 17.2. The molecule has 116 valence electrons. The molecule has 0 N–H and O–H groups in total. The second kappa shape index (κ2) is 6.07. The van der Waals surface area contributed by atoms with Crippen LogP contribution in [0.15, 0.2) is 35.2 Å². The van der Waals surface area contributed by atoms with Gasteiger partial charge in [-0.2, -0.15) is 5.26 Å². The minimum atomic E-state index is -3.48. The van der Waals surface area contributed by atoms with Crippen molar-refractivity contribution in [2.24, 2.45) is 0 Å². The third-order valence-electron chi connectivity index (χ3n) is 3.10. The SMILES string of the molecule is [C-]#[N+]c1cc(F)cc(Oc2ccc(S(C)(=O)=O)c(C)c2C#N)c1. The summed E-state index contributed by atoms with van der Waals surface area (Å²) >= 11 is 0. The Labute approximate surface area is 133 Å². The van der Waals surface area contributed by atoms with Crippen LogP contribution in [0, 0.1) is 30.6 Å². The van der Waals surface area contributed by atoms with Crippen molar-refractivity contribution >= 4 is 15.5 Å². The molecule has 2 rings (SSSR count). The molecule has 0 spiro atoms. The molecule has 0 saturated heterocycles. The first-order chi connectivity index (χ1) is 10.8. The van der Waals surface area contributed by atoms with Gasteiger partial charge >= 0.3 is 0 Å². The fourth-order valence-electron chi connectivity index (χ4n) is 2.09. The van der Waals surface area contributed by atoms with E-state index in [1.807, 2.05) is 6.07 Å². The minimum Gasteiger partial charge on any atom is -0.457 e. The summed E-state index contributed by atoms with van der Waals surface area (Å²) in [6.07, 6.45) is 1.05. The van der Waals surface area contributed by atoms with Gasteiger partial charge < -0.3 is 4.74 Å². The fraction of sp³-hybridized carbons (Fsp3) is 0.125. The molecule has 7 heteroatoms. The Kier molecular flexibility index (Phi) is 4.35. The van der Waals surface area contributed by atoms with Crippen molar-refractivity contribution in [3.8, 4) is 17.6 Å². The smallest absolute Gasteiger partial charge is 0.193 e. The summed E-state index contributed by atoms with van der Waals surface area (Å²) < 4.78 is 42.3. The van der Waals surface area contributed by atoms with Gasteiger partial charge in [0.05, 0.1) is 17.0 Å². The van der Waals surface area contributed by atoms with Gasteiger partial charge in [-0.1, -0.05) is 0 Å². The molecular formula is C16H11FN2O3S. The number of sulfone groups is 1. The van der Waals surface area contributed by atoms with Crippen LogP contribution in [0.25, 0.3) is 4.85 Å². The van der Waals surface area contributed by atoms with E-state index in [0.717, 1.165) is 18.4 Å². The highest BCUT2D eigenvalue weighted by molar-refractivity contribution is 7.90. The summed E-state index contributed by atoms with van der Waals surface area (Å²) in [6, 6.07) is 8.03. The zero-order valence-electron chi connectivity index (χ0n) is 12.3. The molecule has 0 saturated carbocycles. The van der Waals surface area contributed by atoms with E-state index < -0.39 is 15.7 Å². The molecule has 2 aromatic carbocycles. The Balaban J connectivity index is 2.55. The molecule has 0 aromatic heterocycles. The van der Waals surface area contributed by atoms with Gasteiger partial charge in [0.2, 0.25) is 0 Å². The van der Waals surface area contributed by atoms with Crippen LogP contribution in [0.2, 0.25) is 0 Å². The Morgan fingerprint density at radius 1 is 1.30 bits per heavy atom. The van der Waals surface area contributed by atoms with Gasteiger partial charge in [0.1, 0.15) is 23.4 Å². The average molecular weight is 330 g/mol. The van der Waals surface area contributed by atoms with E-state index in [9.17, 15) is 18.1 Å². The van der Waals surface area contributed by atoms with E-state index in [0.29, 0.717) is 0 Å². The van der Waals surface area contributed by atoms with E-state index in [1.165, 1.54) is 25.1 Å². The van der Waals surface area contributed by atoms with Gasteiger partial charge in [0.25, 0.3) is 0 Å². The van der Waals surface area contributed by atoms with Crippen LogP contribution in [0.5, 0.6) is 11.5 Å². The highest BCUT2D eigenvalue weighted by Gasteiger charge is 2.18. The first-order valence-corrected chi connectivity index (χ1v) is 8.25. The van der Waals surface area contributed by atoms with Crippen molar-refractivity contribution in [1.29, 1.82) is 5.26 Å². The van der Waals surface area contributed by atoms with Gasteiger partial charge in [-0.15, -0.1) is 0 Å². The lowest BCUT2D eigenvalue weighted by atomic mass is 10.1. The summed E-state index contributed by atoms with van der Waals surface area (Å²) in [5, 5.41) is 9.28. The van der Waals surface area contributed by atoms with E-state index in [1.54, 1.807) is 0 Å². The Morgan fingerprint density at radius 3 is 2.57 bits per heavy atom. The normalized spacial score (nSPS) is 10.7. The zero-order valence-corrected chi connectivity index (χ0v) is 13.1. The lowest BCUT2D eigenvalue weighted by molar-refractivity contribution is 0.474. The molecule has 0 fully saturated rings. The van der Waals surface area contributed by atoms with Crippen LogP contribution in [0.3, 0.4) is 0 Å². The fourth-order valence-corrected chi connectivity index (χ4v) is 3.07. The lowest BCUT2D eigenvalue weighted by Crippen LogP contribution is -2.03. The van der Waals surface area contributed by atoms with Crippen LogP contribution in [0.4, 0.5) is 10.1 Å². The highest BCUT2D eigenvalue weighted by atomic mass is 32.2. The second-order valence-corrected chi connectivity index (χ2v) is 6.79. The van der Waals surface area contributed by atoms with Gasteiger partial charge in [0.15, 0.2) is 15.5 Å². The second-order valence-electron chi connectivity index (χ2n) is 4.80. The minimum absolute atomic E-state index is 0.0301. The number of rotatable bonds is 3. The maximum atomic E-state index is 13.4. The third kappa shape index (κ3) is 3.47. The number of halogens is 1. The highest BCUT2D eigenvalue weighted by Crippen LogP contribution is 2.32. The predicted octanol–water partition coefficient (Wildman–Crippen LogP) is 3.75. The molecule has 23 heavy (non-hydrogen) atoms. The average Bonchev–Trinajstić information content (AvgIpc) is 2.45. The number of hydrogen-bond acceptors (Lipinski definition) is 4. The molecule has 0 aliphatic heterocycles. The molecule has 0 bridgehead atoms. The summed E-state index contributed by atoms with van der Waals surface area (Å²) in [4.78, 5) is 3.16. The molecule has 0 radical (unpaired) electrons. The topological polar surface area (TPSA) is 71.5 Å². The van der Waals surface area contributed by atoms with Crippen molar-refractivity contribution in [2.75, 3.05) is 6.26 Å². The Bertz CT molecular complexity index is 970. The Morgan fingerprint density at radius 2 is 2.00 bits per heavy atom. The van der Waals surface area contributed by atoms with Gasteiger partial charge in [0, 0.05) is 12.3 Å². The van der Waals surface area contributed by atoms with Crippen molar-refractivity contribution in [1.82, 2.24) is 0 Å². The molecule has 0 atom stereocenters. The molecule has 0 heterocycles. The first kappa shape index (κ1) is 16.5. The third-order valence-corrected chi connectivity index (χ3v) is 4.34. The van der Waals surface area contributed by atoms with Crippen molar-refractivity contribution in [3.05, 3.63) is 58.7 Å². The largest absolute Gasteiger partial charge is 0.457 e. The maximum Gasteiger partial charge on any atom is 0.193 e. The summed E-state index contributed by atoms with van der Waals surface area (Å²) in [5.41, 5.74) is 0.360. The van der Waals surface area contributed by atoms with Gasteiger partial charge in [-0.25, -0.2) is 17.7 Å². The molecule has 0 aliphatic carbocycles. The molecule has 5 nitrogen and oxygen atoms in total. The number of ether oxygens (including phenoxy) is 1. The number of nitrogens with zero attached hydrogens (tertiary/aromatic N) is 2. The van der Waals surface area contributed by atoms with Crippen molar-refractivity contribution in [3.63, 3.8) is 0 Å². The monoisotopic (exact) mass is 330 g/mol. The number of benzene rings is 2. The summed E-state index contributed by atoms with van der Waals surface area (Å²) in [5.74, 6) is -0.491. The van der Waals surface area contributed by atoms with Crippen LogP contribution >= 0.6 is 0 Å². The van der Waals surface area contributed by atoms with E-state index in [2.05, 4.69) is 4.85 Å². The van der Waals surface area contributed by atoms with Gasteiger partial charge in [-0.3, -0.25) is 0 Å². The molecule has 0 amide bonds. The number of hydrogen-bond donors (Lipinski definition) is 0. The van der Waals surface area contributed by atoms with Crippen molar-refractivity contribution < 1.29 is 17.5 Å². The Hall–Kier alpha value is -2.90. The van der Waals surface area contributed by atoms with Crippen LogP contribution < -0.4 is 4.74 Å². The molecular weight excluding hydrogens is 319 g/mol. The number of nitriles is 1. The van der Waals surface area contributed by atoms with E-state index >= 15 is 0 Å².